The molecule has 1 aromatic carbocycles. The fourth-order valence-electron chi connectivity index (χ4n) is 4.88. The van der Waals surface area contributed by atoms with Crippen molar-refractivity contribution in [2.45, 2.75) is 86.1 Å². The van der Waals surface area contributed by atoms with E-state index in [4.69, 9.17) is 0 Å². The molecule has 2 atom stereocenters. The Morgan fingerprint density at radius 1 is 0.906 bits per heavy atom. The average Bonchev–Trinajstić information content (AvgIpc) is 2.80. The predicted octanol–water partition coefficient (Wildman–Crippen LogP) is 2.97. The van der Waals surface area contributed by atoms with Gasteiger partial charge in [-0.2, -0.15) is 0 Å². The number of nitrogens with zero attached hydrogens (tertiary/aromatic N) is 3. The van der Waals surface area contributed by atoms with Crippen molar-refractivity contribution < 1.29 is 21.7 Å². The molecule has 0 saturated heterocycles. The summed E-state index contributed by atoms with van der Waals surface area (Å²) in [5.74, 6) is 0.306. The highest BCUT2D eigenvalue weighted by Gasteiger charge is 2.32. The second-order valence-electron chi connectivity index (χ2n) is 8.98. The number of carbonyl (C=O) groups is 1. The molecule has 4 nitrogen and oxygen atoms in total. The predicted molar refractivity (Wildman–Crippen MR) is 136 cm³/mol. The van der Waals surface area contributed by atoms with Crippen LogP contribution < -0.4 is 17.3 Å². The van der Waals surface area contributed by atoms with Gasteiger partial charge in [0.05, 0.1) is 32.2 Å². The zero-order valence-electron chi connectivity index (χ0n) is 21.8. The number of hydrogen-bond acceptors (Lipinski definition) is 2. The summed E-state index contributed by atoms with van der Waals surface area (Å²) in [7, 11) is 0. The van der Waals surface area contributed by atoms with Crippen molar-refractivity contribution in [2.75, 3.05) is 50.7 Å². The molecule has 1 aromatic rings. The van der Waals surface area contributed by atoms with E-state index in [0.717, 1.165) is 50.2 Å². The van der Waals surface area contributed by atoms with Crippen LogP contribution in [0.2, 0.25) is 0 Å². The summed E-state index contributed by atoms with van der Waals surface area (Å²) in [5.41, 5.74) is 1.33. The topological polar surface area (TPSA) is 23.6 Å². The molecule has 0 aliphatic heterocycles. The minimum absolute atomic E-state index is 0. The summed E-state index contributed by atoms with van der Waals surface area (Å²) in [6.07, 6.45) is 6.59. The molecule has 1 rings (SSSR count). The maximum absolute atomic E-state index is 12.4. The number of unbranched alkanes of at least 4 members (excludes halogenated alkanes) is 1. The second-order valence-corrected chi connectivity index (χ2v) is 8.98. The van der Waals surface area contributed by atoms with Gasteiger partial charge in [0.15, 0.2) is 0 Å². The Morgan fingerprint density at radius 2 is 1.59 bits per heavy atom. The Bertz CT molecular complexity index is 598. The average molecular weight is 468 g/mol. The smallest absolute Gasteiger partial charge is 0.222 e. The minimum atomic E-state index is 0. The van der Waals surface area contributed by atoms with E-state index in [1.807, 2.05) is 6.92 Å². The number of hydrogen-bond donors (Lipinski definition) is 0. The Labute approximate surface area is 205 Å². The first-order valence-electron chi connectivity index (χ1n) is 12.9. The lowest BCUT2D eigenvalue weighted by Gasteiger charge is -2.44. The van der Waals surface area contributed by atoms with Crippen molar-refractivity contribution in [2.24, 2.45) is 0 Å². The van der Waals surface area contributed by atoms with E-state index in [1.54, 1.807) is 0 Å². The van der Waals surface area contributed by atoms with E-state index in [0.29, 0.717) is 18.4 Å². The first-order valence-corrected chi connectivity index (χ1v) is 12.9. The zero-order chi connectivity index (χ0) is 23.1. The van der Waals surface area contributed by atoms with Gasteiger partial charge in [-0.1, -0.05) is 45.4 Å². The lowest BCUT2D eigenvalue weighted by atomic mass is 10.1. The number of quaternary nitrogens is 1. The largest absolute Gasteiger partial charge is 1.00 e. The van der Waals surface area contributed by atoms with Crippen LogP contribution in [-0.4, -0.2) is 67.1 Å². The Balaban J connectivity index is 0.00000961. The van der Waals surface area contributed by atoms with Crippen LogP contribution in [0.1, 0.15) is 80.1 Å². The molecule has 0 fully saturated rings. The Hall–Kier alpha value is -1.26. The lowest BCUT2D eigenvalue weighted by Crippen LogP contribution is -3.00. The van der Waals surface area contributed by atoms with Crippen molar-refractivity contribution in [3.05, 3.63) is 30.3 Å². The molecule has 32 heavy (non-hydrogen) atoms. The van der Waals surface area contributed by atoms with Gasteiger partial charge >= 0.3 is 0 Å². The van der Waals surface area contributed by atoms with Gasteiger partial charge in [0.25, 0.3) is 0 Å². The van der Waals surface area contributed by atoms with Crippen molar-refractivity contribution in [3.63, 3.8) is 0 Å². The van der Waals surface area contributed by atoms with E-state index >= 15 is 0 Å². The summed E-state index contributed by atoms with van der Waals surface area (Å²) < 4.78 is 1.14. The third-order valence-electron chi connectivity index (χ3n) is 7.02. The maximum Gasteiger partial charge on any atom is 0.222 e. The number of amides is 1. The molecule has 0 heterocycles. The fraction of sp³-hybridized carbons (Fsp3) is 0.741. The molecule has 0 spiro atoms. The van der Waals surface area contributed by atoms with Gasteiger partial charge in [-0.15, -0.1) is 0 Å². The Morgan fingerprint density at radius 3 is 2.12 bits per heavy atom. The van der Waals surface area contributed by atoms with E-state index in [1.165, 1.54) is 37.9 Å². The number of anilines is 1. The molecule has 0 saturated carbocycles. The number of carbonyl (C=O) groups excluding carboxylic acids is 1. The van der Waals surface area contributed by atoms with Gasteiger partial charge in [0.1, 0.15) is 0 Å². The fourth-order valence-corrected chi connectivity index (χ4v) is 4.88. The Kier molecular flexibility index (Phi) is 16.6. The number of likely N-dealkylation sites (N-methyl/N-ethyl adjacent to an activating group) is 1. The summed E-state index contributed by atoms with van der Waals surface area (Å²) >= 11 is 0. The highest BCUT2D eigenvalue weighted by molar-refractivity contribution is 5.75. The molecule has 1 amide bonds. The first-order chi connectivity index (χ1) is 15.0. The van der Waals surface area contributed by atoms with Gasteiger partial charge in [-0.05, 0) is 58.6 Å². The van der Waals surface area contributed by atoms with E-state index in [2.05, 4.69) is 74.8 Å². The number of halogens is 1. The van der Waals surface area contributed by atoms with Crippen molar-refractivity contribution in [3.8, 4) is 0 Å². The lowest BCUT2D eigenvalue weighted by molar-refractivity contribution is -0.948. The van der Waals surface area contributed by atoms with Gasteiger partial charge in [-0.25, -0.2) is 0 Å². The summed E-state index contributed by atoms with van der Waals surface area (Å²) in [4.78, 5) is 17.0. The third-order valence-corrected chi connectivity index (χ3v) is 7.02. The van der Waals surface area contributed by atoms with Crippen molar-refractivity contribution in [1.29, 1.82) is 0 Å². The van der Waals surface area contributed by atoms with Crippen molar-refractivity contribution >= 4 is 11.6 Å². The minimum Gasteiger partial charge on any atom is -1.00 e. The molecular weight excluding hydrogens is 418 g/mol. The van der Waals surface area contributed by atoms with Crippen LogP contribution in [0, 0.1) is 0 Å². The van der Waals surface area contributed by atoms with Crippen LogP contribution in [0.25, 0.3) is 0 Å². The van der Waals surface area contributed by atoms with E-state index < -0.39 is 0 Å². The quantitative estimate of drug-likeness (QED) is 0.260. The standard InChI is InChI=1S/C27H50N3O.ClH/c1-7-17-25(6)30(11-5,24-22-29(20-8-2)27(31)9-3)23-16-15-21-28(10-4)26-18-13-12-14-19-26;/h12-14,18-19,25H,7-11,15-17,20-24H2,1-6H3;1H/q+1;/p-1. The van der Waals surface area contributed by atoms with Crippen LogP contribution in [0.3, 0.4) is 0 Å². The summed E-state index contributed by atoms with van der Waals surface area (Å²) in [6.45, 7) is 20.9. The molecule has 0 N–H and O–H groups in total. The number of rotatable bonds is 17. The SMILES string of the molecule is CCCC(C)[N+](CC)(CCCCN(CC)c1ccccc1)CCN(CCC)C(=O)CC.[Cl-]. The van der Waals surface area contributed by atoms with Gasteiger partial charge < -0.3 is 26.7 Å². The normalized spacial score (nSPS) is 13.7. The molecule has 0 aromatic heterocycles. The number of para-hydroxylation sites is 1. The van der Waals surface area contributed by atoms with E-state index in [9.17, 15) is 4.79 Å². The molecule has 0 bridgehead atoms. The molecule has 2 unspecified atom stereocenters. The molecule has 186 valence electrons. The molecule has 0 aliphatic rings. The zero-order valence-corrected chi connectivity index (χ0v) is 22.5. The second kappa shape index (κ2) is 17.2. The molecule has 0 radical (unpaired) electrons. The monoisotopic (exact) mass is 467 g/mol. The highest BCUT2D eigenvalue weighted by atomic mass is 35.5. The van der Waals surface area contributed by atoms with Crippen LogP contribution in [0.5, 0.6) is 0 Å². The van der Waals surface area contributed by atoms with Crippen LogP contribution in [0.15, 0.2) is 30.3 Å². The first kappa shape index (κ1) is 30.7. The molecular formula is C27H50ClN3O. The van der Waals surface area contributed by atoms with Crippen LogP contribution in [-0.2, 0) is 4.79 Å². The van der Waals surface area contributed by atoms with Crippen molar-refractivity contribution in [1.82, 2.24) is 4.90 Å². The summed E-state index contributed by atoms with van der Waals surface area (Å²) in [5, 5.41) is 0. The van der Waals surface area contributed by atoms with Gasteiger partial charge in [0, 0.05) is 31.7 Å². The number of benzene rings is 1. The highest BCUT2D eigenvalue weighted by Crippen LogP contribution is 2.21. The summed E-state index contributed by atoms with van der Waals surface area (Å²) in [6, 6.07) is 11.4. The van der Waals surface area contributed by atoms with Crippen LogP contribution >= 0.6 is 0 Å². The molecule has 0 aliphatic carbocycles. The van der Waals surface area contributed by atoms with Gasteiger partial charge in [0.2, 0.25) is 5.91 Å². The van der Waals surface area contributed by atoms with E-state index in [-0.39, 0.29) is 12.4 Å². The van der Waals surface area contributed by atoms with Crippen LogP contribution in [0.4, 0.5) is 5.69 Å². The van der Waals surface area contributed by atoms with Gasteiger partial charge in [-0.3, -0.25) is 4.79 Å². The maximum atomic E-state index is 12.4. The third kappa shape index (κ3) is 9.70. The molecule has 5 heteroatoms.